The number of carbonyl (C=O) groups is 1. The van der Waals surface area contributed by atoms with Gasteiger partial charge in [0.1, 0.15) is 5.78 Å². The van der Waals surface area contributed by atoms with Crippen LogP contribution in [0.5, 0.6) is 0 Å². The molecule has 0 N–H and O–H groups in total. The maximum absolute atomic E-state index is 11.7. The molecule has 0 amide bonds. The molecule has 1 aromatic rings. The van der Waals surface area contributed by atoms with Crippen molar-refractivity contribution in [3.63, 3.8) is 0 Å². The molecule has 0 saturated carbocycles. The van der Waals surface area contributed by atoms with E-state index in [1.807, 2.05) is 19.1 Å². The van der Waals surface area contributed by atoms with E-state index in [-0.39, 0.29) is 0 Å². The SMILES string of the molecule is Cc1cc(CC(=O)CCC(C)C)ccc1Br. The number of rotatable bonds is 5. The van der Waals surface area contributed by atoms with Crippen LogP contribution in [-0.4, -0.2) is 5.78 Å². The number of carbonyl (C=O) groups excluding carboxylic acids is 1. The monoisotopic (exact) mass is 282 g/mol. The van der Waals surface area contributed by atoms with Gasteiger partial charge in [0.15, 0.2) is 0 Å². The normalized spacial score (nSPS) is 10.8. The Balaban J connectivity index is 2.53. The second kappa shape index (κ2) is 6.19. The topological polar surface area (TPSA) is 17.1 Å². The third-order valence-electron chi connectivity index (χ3n) is 2.62. The van der Waals surface area contributed by atoms with Crippen LogP contribution in [0.2, 0.25) is 0 Å². The minimum atomic E-state index is 0.343. The van der Waals surface area contributed by atoms with E-state index in [2.05, 4.69) is 35.8 Å². The van der Waals surface area contributed by atoms with Gasteiger partial charge < -0.3 is 0 Å². The van der Waals surface area contributed by atoms with E-state index in [0.29, 0.717) is 24.5 Å². The van der Waals surface area contributed by atoms with Crippen molar-refractivity contribution in [3.8, 4) is 0 Å². The summed E-state index contributed by atoms with van der Waals surface area (Å²) in [7, 11) is 0. The van der Waals surface area contributed by atoms with Crippen molar-refractivity contribution in [1.29, 1.82) is 0 Å². The van der Waals surface area contributed by atoms with Gasteiger partial charge in [0.2, 0.25) is 0 Å². The minimum absolute atomic E-state index is 0.343. The molecule has 0 atom stereocenters. The number of hydrogen-bond donors (Lipinski definition) is 0. The van der Waals surface area contributed by atoms with E-state index in [1.54, 1.807) is 0 Å². The molecule has 1 aromatic carbocycles. The summed E-state index contributed by atoms with van der Waals surface area (Å²) in [6.45, 7) is 6.35. The van der Waals surface area contributed by atoms with Gasteiger partial charge in [-0.2, -0.15) is 0 Å². The maximum Gasteiger partial charge on any atom is 0.137 e. The number of halogens is 1. The Bertz CT molecular complexity index is 369. The summed E-state index contributed by atoms with van der Waals surface area (Å²) in [6.07, 6.45) is 2.27. The van der Waals surface area contributed by atoms with Crippen LogP contribution in [-0.2, 0) is 11.2 Å². The zero-order chi connectivity index (χ0) is 12.1. The molecule has 16 heavy (non-hydrogen) atoms. The van der Waals surface area contributed by atoms with E-state index in [0.717, 1.165) is 16.5 Å². The summed E-state index contributed by atoms with van der Waals surface area (Å²) in [6, 6.07) is 6.11. The largest absolute Gasteiger partial charge is 0.299 e. The standard InChI is InChI=1S/C14H19BrO/c1-10(2)4-6-13(16)9-12-5-7-14(15)11(3)8-12/h5,7-8,10H,4,6,9H2,1-3H3. The first kappa shape index (κ1) is 13.4. The molecule has 1 nitrogen and oxygen atoms in total. The van der Waals surface area contributed by atoms with Crippen LogP contribution in [0.15, 0.2) is 22.7 Å². The summed E-state index contributed by atoms with van der Waals surface area (Å²) in [5.74, 6) is 0.950. The molecule has 0 unspecified atom stereocenters. The average Bonchev–Trinajstić information content (AvgIpc) is 2.21. The van der Waals surface area contributed by atoms with Crippen LogP contribution in [0.25, 0.3) is 0 Å². The fraction of sp³-hybridized carbons (Fsp3) is 0.500. The Hall–Kier alpha value is -0.630. The number of ketones is 1. The second-order valence-electron chi connectivity index (χ2n) is 4.73. The van der Waals surface area contributed by atoms with Gasteiger partial charge >= 0.3 is 0 Å². The molecule has 0 bridgehead atoms. The maximum atomic E-state index is 11.7. The van der Waals surface area contributed by atoms with E-state index in [9.17, 15) is 4.79 Å². The molecule has 0 aliphatic carbocycles. The van der Waals surface area contributed by atoms with Crippen LogP contribution < -0.4 is 0 Å². The molecular weight excluding hydrogens is 264 g/mol. The Kier molecular flexibility index (Phi) is 5.20. The summed E-state index contributed by atoms with van der Waals surface area (Å²) in [5, 5.41) is 0. The van der Waals surface area contributed by atoms with E-state index >= 15 is 0 Å². The van der Waals surface area contributed by atoms with Crippen LogP contribution in [0, 0.1) is 12.8 Å². The quantitative estimate of drug-likeness (QED) is 0.787. The lowest BCUT2D eigenvalue weighted by Gasteiger charge is -2.05. The number of aryl methyl sites for hydroxylation is 1. The minimum Gasteiger partial charge on any atom is -0.299 e. The number of hydrogen-bond acceptors (Lipinski definition) is 1. The van der Waals surface area contributed by atoms with Gasteiger partial charge in [-0.3, -0.25) is 4.79 Å². The van der Waals surface area contributed by atoms with Crippen molar-refractivity contribution >= 4 is 21.7 Å². The van der Waals surface area contributed by atoms with E-state index < -0.39 is 0 Å². The molecule has 0 heterocycles. The van der Waals surface area contributed by atoms with Gasteiger partial charge in [-0.25, -0.2) is 0 Å². The molecule has 0 aliphatic rings. The van der Waals surface area contributed by atoms with Crippen molar-refractivity contribution in [3.05, 3.63) is 33.8 Å². The first-order valence-electron chi connectivity index (χ1n) is 5.75. The first-order chi connectivity index (χ1) is 7.49. The molecule has 1 rings (SSSR count). The van der Waals surface area contributed by atoms with Crippen molar-refractivity contribution in [2.24, 2.45) is 5.92 Å². The van der Waals surface area contributed by atoms with E-state index in [1.165, 1.54) is 5.56 Å². The lowest BCUT2D eigenvalue weighted by Crippen LogP contribution is -2.04. The lowest BCUT2D eigenvalue weighted by molar-refractivity contribution is -0.118. The highest BCUT2D eigenvalue weighted by Crippen LogP contribution is 2.18. The molecule has 0 saturated heterocycles. The average molecular weight is 283 g/mol. The molecule has 0 radical (unpaired) electrons. The Morgan fingerprint density at radius 2 is 2.06 bits per heavy atom. The smallest absolute Gasteiger partial charge is 0.137 e. The van der Waals surface area contributed by atoms with Gasteiger partial charge in [-0.15, -0.1) is 0 Å². The molecule has 0 spiro atoms. The summed E-state index contributed by atoms with van der Waals surface area (Å²) < 4.78 is 1.10. The molecule has 0 fully saturated rings. The number of Topliss-reactive ketones (excluding diaryl/α,β-unsaturated/α-hetero) is 1. The van der Waals surface area contributed by atoms with Crippen LogP contribution in [0.3, 0.4) is 0 Å². The molecular formula is C14H19BrO. The highest BCUT2D eigenvalue weighted by atomic mass is 79.9. The third-order valence-corrected chi connectivity index (χ3v) is 3.51. The summed E-state index contributed by atoms with van der Waals surface area (Å²) in [5.41, 5.74) is 2.31. The highest BCUT2D eigenvalue weighted by Gasteiger charge is 2.06. The van der Waals surface area contributed by atoms with Crippen molar-refractivity contribution < 1.29 is 4.79 Å². The Morgan fingerprint density at radius 3 is 2.62 bits per heavy atom. The fourth-order valence-corrected chi connectivity index (χ4v) is 1.83. The van der Waals surface area contributed by atoms with Crippen LogP contribution in [0.1, 0.15) is 37.8 Å². The first-order valence-corrected chi connectivity index (χ1v) is 6.55. The van der Waals surface area contributed by atoms with Gasteiger partial charge in [0.25, 0.3) is 0 Å². The van der Waals surface area contributed by atoms with Gasteiger partial charge in [-0.1, -0.05) is 41.9 Å². The van der Waals surface area contributed by atoms with Crippen molar-refractivity contribution in [2.75, 3.05) is 0 Å². The van der Waals surface area contributed by atoms with Gasteiger partial charge in [0.05, 0.1) is 0 Å². The predicted molar refractivity (Wildman–Crippen MR) is 71.7 cm³/mol. The molecule has 0 aromatic heterocycles. The van der Waals surface area contributed by atoms with Crippen molar-refractivity contribution in [1.82, 2.24) is 0 Å². The van der Waals surface area contributed by atoms with Gasteiger partial charge in [0, 0.05) is 17.3 Å². The predicted octanol–water partition coefficient (Wildman–Crippen LogP) is 4.31. The summed E-state index contributed by atoms with van der Waals surface area (Å²) >= 11 is 3.46. The highest BCUT2D eigenvalue weighted by molar-refractivity contribution is 9.10. The molecule has 0 aliphatic heterocycles. The van der Waals surface area contributed by atoms with Gasteiger partial charge in [-0.05, 0) is 36.5 Å². The Labute approximate surface area is 106 Å². The summed E-state index contributed by atoms with van der Waals surface area (Å²) in [4.78, 5) is 11.7. The van der Waals surface area contributed by atoms with Crippen LogP contribution >= 0.6 is 15.9 Å². The van der Waals surface area contributed by atoms with Crippen LogP contribution in [0.4, 0.5) is 0 Å². The molecule has 2 heteroatoms. The fourth-order valence-electron chi connectivity index (χ4n) is 1.58. The lowest BCUT2D eigenvalue weighted by atomic mass is 10.0. The zero-order valence-electron chi connectivity index (χ0n) is 10.2. The van der Waals surface area contributed by atoms with E-state index in [4.69, 9.17) is 0 Å². The van der Waals surface area contributed by atoms with Crippen molar-refractivity contribution in [2.45, 2.75) is 40.0 Å². The second-order valence-corrected chi connectivity index (χ2v) is 5.59. The third kappa shape index (κ3) is 4.48. The molecule has 88 valence electrons. The zero-order valence-corrected chi connectivity index (χ0v) is 11.8. The Morgan fingerprint density at radius 1 is 1.38 bits per heavy atom. The number of benzene rings is 1.